The van der Waals surface area contributed by atoms with Crippen LogP contribution < -0.4 is 0 Å². The predicted octanol–water partition coefficient (Wildman–Crippen LogP) is 14.2. The van der Waals surface area contributed by atoms with Gasteiger partial charge >= 0.3 is 0 Å². The first-order chi connectivity index (χ1) is 27.2. The van der Waals surface area contributed by atoms with E-state index in [1.165, 1.54) is 49.0 Å². The van der Waals surface area contributed by atoms with Crippen LogP contribution in [-0.4, -0.2) is 9.97 Å². The van der Waals surface area contributed by atoms with Crippen LogP contribution >= 0.6 is 0 Å². The summed E-state index contributed by atoms with van der Waals surface area (Å²) in [4.78, 5) is 10.4. The number of aromatic nitrogens is 2. The molecule has 0 unspecified atom stereocenters. The minimum Gasteiger partial charge on any atom is -0.456 e. The van der Waals surface area contributed by atoms with Gasteiger partial charge in [-0.15, -0.1) is 0 Å². The molecule has 3 nitrogen and oxygen atoms in total. The molecule has 2 heterocycles. The van der Waals surface area contributed by atoms with Gasteiger partial charge in [0.05, 0.1) is 11.4 Å². The fourth-order valence-electron chi connectivity index (χ4n) is 8.14. The van der Waals surface area contributed by atoms with Crippen molar-refractivity contribution in [3.63, 3.8) is 0 Å². The van der Waals surface area contributed by atoms with Crippen molar-refractivity contribution in [2.75, 3.05) is 0 Å². The van der Waals surface area contributed by atoms with Crippen LogP contribution in [0, 0.1) is 0 Å². The van der Waals surface area contributed by atoms with Gasteiger partial charge < -0.3 is 4.42 Å². The van der Waals surface area contributed by atoms with Gasteiger partial charge in [0.1, 0.15) is 11.2 Å². The van der Waals surface area contributed by atoms with Crippen LogP contribution in [0.4, 0.5) is 0 Å². The highest BCUT2D eigenvalue weighted by molar-refractivity contribution is 6.20. The average Bonchev–Trinajstić information content (AvgIpc) is 3.64. The van der Waals surface area contributed by atoms with Crippen molar-refractivity contribution in [1.29, 1.82) is 0 Å². The fraction of sp³-hybridized carbons (Fsp3) is 0. The summed E-state index contributed by atoms with van der Waals surface area (Å²) in [5, 5.41) is 9.66. The summed E-state index contributed by atoms with van der Waals surface area (Å²) in [6.45, 7) is 0. The number of furan rings is 1. The topological polar surface area (TPSA) is 38.9 Å². The molecule has 0 fully saturated rings. The molecule has 256 valence electrons. The molecule has 0 aliphatic heterocycles. The van der Waals surface area contributed by atoms with Gasteiger partial charge in [-0.25, -0.2) is 9.97 Å². The zero-order valence-corrected chi connectivity index (χ0v) is 29.8. The third kappa shape index (κ3) is 5.36. The summed E-state index contributed by atoms with van der Waals surface area (Å²) in [6.07, 6.45) is 0. The highest BCUT2D eigenvalue weighted by Crippen LogP contribution is 2.40. The van der Waals surface area contributed by atoms with Crippen molar-refractivity contribution in [2.24, 2.45) is 0 Å². The normalized spacial score (nSPS) is 11.6. The van der Waals surface area contributed by atoms with E-state index in [1.807, 2.05) is 24.3 Å². The van der Waals surface area contributed by atoms with Crippen LogP contribution in [0.5, 0.6) is 0 Å². The molecule has 9 aromatic carbocycles. The van der Waals surface area contributed by atoms with E-state index in [2.05, 4.69) is 170 Å². The van der Waals surface area contributed by atoms with Crippen molar-refractivity contribution in [1.82, 2.24) is 9.97 Å². The Labute approximate surface area is 317 Å². The number of para-hydroxylation sites is 1. The Bertz CT molecular complexity index is 3230. The Kier molecular flexibility index (Phi) is 7.17. The first kappa shape index (κ1) is 31.2. The monoisotopic (exact) mass is 700 g/mol. The van der Waals surface area contributed by atoms with Gasteiger partial charge in [-0.1, -0.05) is 158 Å². The summed E-state index contributed by atoms with van der Waals surface area (Å²) >= 11 is 0. The summed E-state index contributed by atoms with van der Waals surface area (Å²) < 4.78 is 6.17. The summed E-state index contributed by atoms with van der Waals surface area (Å²) in [5.74, 6) is 0.681. The molecule has 3 heteroatoms. The molecule has 0 saturated heterocycles. The third-order valence-electron chi connectivity index (χ3n) is 10.9. The van der Waals surface area contributed by atoms with Gasteiger partial charge in [0.25, 0.3) is 0 Å². The number of nitrogens with zero attached hydrogens (tertiary/aromatic N) is 2. The molecular formula is C52H32N2O. The van der Waals surface area contributed by atoms with Crippen molar-refractivity contribution < 1.29 is 4.42 Å². The Morgan fingerprint density at radius 3 is 1.69 bits per heavy atom. The van der Waals surface area contributed by atoms with Crippen LogP contribution in [0.3, 0.4) is 0 Å². The smallest absolute Gasteiger partial charge is 0.160 e. The lowest BCUT2D eigenvalue weighted by atomic mass is 9.89. The lowest BCUT2D eigenvalue weighted by Gasteiger charge is -2.15. The summed E-state index contributed by atoms with van der Waals surface area (Å²) in [6, 6.07) is 68.7. The lowest BCUT2D eigenvalue weighted by molar-refractivity contribution is 0.669. The van der Waals surface area contributed by atoms with Crippen LogP contribution in [0.2, 0.25) is 0 Å². The minimum absolute atomic E-state index is 0.681. The zero-order chi connectivity index (χ0) is 36.3. The molecule has 11 aromatic rings. The van der Waals surface area contributed by atoms with E-state index in [0.29, 0.717) is 5.82 Å². The van der Waals surface area contributed by atoms with Crippen LogP contribution in [0.25, 0.3) is 110 Å². The maximum Gasteiger partial charge on any atom is 0.160 e. The molecule has 11 rings (SSSR count). The molecule has 55 heavy (non-hydrogen) atoms. The number of hydrogen-bond donors (Lipinski definition) is 0. The number of rotatable bonds is 5. The van der Waals surface area contributed by atoms with E-state index in [9.17, 15) is 0 Å². The van der Waals surface area contributed by atoms with E-state index in [0.717, 1.165) is 55.6 Å². The van der Waals surface area contributed by atoms with Gasteiger partial charge in [0.2, 0.25) is 0 Å². The number of fused-ring (bicyclic) bond motifs is 7. The van der Waals surface area contributed by atoms with E-state index in [4.69, 9.17) is 14.4 Å². The second-order valence-corrected chi connectivity index (χ2v) is 14.1. The molecular weight excluding hydrogens is 669 g/mol. The molecule has 0 saturated carbocycles. The Hall–Kier alpha value is -7.36. The molecule has 0 aliphatic carbocycles. The Balaban J connectivity index is 1.06. The van der Waals surface area contributed by atoms with Crippen molar-refractivity contribution in [3.05, 3.63) is 194 Å². The lowest BCUT2D eigenvalue weighted by Crippen LogP contribution is -1.96. The highest BCUT2D eigenvalue weighted by Gasteiger charge is 2.16. The SMILES string of the molecule is c1ccc(-c2ccc(-c3nc(-c4ccc(-c5c6ccccc6cc6c5ccc5ccccc56)cc4)cc(-c4ccc5oc6ccccc6c5c4)n3)cc2)cc1. The van der Waals surface area contributed by atoms with Crippen molar-refractivity contribution in [3.8, 4) is 56.2 Å². The Morgan fingerprint density at radius 1 is 0.291 bits per heavy atom. The van der Waals surface area contributed by atoms with E-state index in [1.54, 1.807) is 0 Å². The zero-order valence-electron chi connectivity index (χ0n) is 29.8. The van der Waals surface area contributed by atoms with Crippen molar-refractivity contribution >= 4 is 54.3 Å². The second-order valence-electron chi connectivity index (χ2n) is 14.1. The van der Waals surface area contributed by atoms with Gasteiger partial charge in [0.15, 0.2) is 5.82 Å². The van der Waals surface area contributed by atoms with Crippen molar-refractivity contribution in [2.45, 2.75) is 0 Å². The van der Waals surface area contributed by atoms with Crippen LogP contribution in [-0.2, 0) is 0 Å². The molecule has 0 aliphatic rings. The van der Waals surface area contributed by atoms with Gasteiger partial charge in [0, 0.05) is 27.5 Å². The van der Waals surface area contributed by atoms with E-state index in [-0.39, 0.29) is 0 Å². The standard InChI is InChI=1S/C52H32N2O/c1-2-10-33(11-3-1)34-18-24-38(25-19-34)52-53-47(32-48(54-52)40-27-29-50-46(31-40)43-16-8-9-17-49(43)55-50)36-20-22-37(23-21-36)51-42-15-7-5-13-39(42)30-45-41-14-6-4-12-35(41)26-28-44(45)51/h1-32H. The molecule has 0 bridgehead atoms. The van der Waals surface area contributed by atoms with Crippen LogP contribution in [0.15, 0.2) is 199 Å². The maximum atomic E-state index is 6.17. The highest BCUT2D eigenvalue weighted by atomic mass is 16.3. The van der Waals surface area contributed by atoms with Gasteiger partial charge in [-0.2, -0.15) is 0 Å². The molecule has 2 aromatic heterocycles. The van der Waals surface area contributed by atoms with E-state index >= 15 is 0 Å². The predicted molar refractivity (Wildman–Crippen MR) is 229 cm³/mol. The van der Waals surface area contributed by atoms with Crippen LogP contribution in [0.1, 0.15) is 0 Å². The van der Waals surface area contributed by atoms with Gasteiger partial charge in [-0.05, 0) is 91.0 Å². The Morgan fingerprint density at radius 2 is 0.873 bits per heavy atom. The summed E-state index contributed by atoms with van der Waals surface area (Å²) in [5.41, 5.74) is 11.2. The maximum absolute atomic E-state index is 6.17. The molecule has 0 spiro atoms. The number of hydrogen-bond acceptors (Lipinski definition) is 3. The summed E-state index contributed by atoms with van der Waals surface area (Å²) in [7, 11) is 0. The molecule has 0 radical (unpaired) electrons. The largest absolute Gasteiger partial charge is 0.456 e. The fourth-order valence-corrected chi connectivity index (χ4v) is 8.14. The molecule has 0 N–H and O–H groups in total. The average molecular weight is 701 g/mol. The minimum atomic E-state index is 0.681. The third-order valence-corrected chi connectivity index (χ3v) is 10.9. The molecule has 0 amide bonds. The number of benzene rings is 9. The quantitative estimate of drug-likeness (QED) is 0.133. The first-order valence-electron chi connectivity index (χ1n) is 18.6. The second kappa shape index (κ2) is 12.6. The first-order valence-corrected chi connectivity index (χ1v) is 18.6. The van der Waals surface area contributed by atoms with Gasteiger partial charge in [-0.3, -0.25) is 0 Å². The molecule has 0 atom stereocenters. The van der Waals surface area contributed by atoms with E-state index < -0.39 is 0 Å².